The summed E-state index contributed by atoms with van der Waals surface area (Å²) in [7, 11) is 0. The van der Waals surface area contributed by atoms with E-state index in [0.717, 1.165) is 25.9 Å². The van der Waals surface area contributed by atoms with E-state index in [2.05, 4.69) is 5.32 Å². The number of aromatic hydroxyl groups is 1. The number of carboxylic acid groups (broad SMARTS) is 2. The topological polar surface area (TPSA) is 133 Å². The van der Waals surface area contributed by atoms with E-state index in [9.17, 15) is 31.4 Å². The van der Waals surface area contributed by atoms with Gasteiger partial charge in [0.25, 0.3) is 0 Å². The van der Waals surface area contributed by atoms with Gasteiger partial charge in [0.1, 0.15) is 5.75 Å². The Hall–Kier alpha value is -1.96. The molecule has 0 spiro atoms. The summed E-state index contributed by atoms with van der Waals surface area (Å²) in [5.74, 6) is -5.05. The molecule has 1 aromatic rings. The van der Waals surface area contributed by atoms with Crippen molar-refractivity contribution in [1.29, 1.82) is 0 Å². The monoisotopic (exact) mass is 502 g/mol. The molecule has 7 nitrogen and oxygen atoms in total. The van der Waals surface area contributed by atoms with Gasteiger partial charge >= 0.3 is 24.3 Å². The fourth-order valence-corrected chi connectivity index (χ4v) is 2.76. The summed E-state index contributed by atoms with van der Waals surface area (Å²) in [5, 5.41) is 28.2. The molecule has 1 heterocycles. The summed E-state index contributed by atoms with van der Waals surface area (Å²) >= 11 is 12.1. The Balaban J connectivity index is 0.000000536. The first-order valence-corrected chi connectivity index (χ1v) is 8.99. The van der Waals surface area contributed by atoms with Crippen LogP contribution in [0.5, 0.6) is 5.75 Å². The molecule has 0 aliphatic carbocycles. The molecule has 2 rings (SSSR count). The molecular weight excluding hydrogens is 485 g/mol. The lowest BCUT2D eigenvalue weighted by atomic mass is 9.86. The lowest BCUT2D eigenvalue weighted by Crippen LogP contribution is -2.33. The van der Waals surface area contributed by atoms with Crippen LogP contribution in [0.2, 0.25) is 10.0 Å². The van der Waals surface area contributed by atoms with Crippen molar-refractivity contribution in [1.82, 2.24) is 5.32 Å². The van der Waals surface area contributed by atoms with Gasteiger partial charge in [-0.05, 0) is 44.0 Å². The Kier molecular flexibility index (Phi) is 11.4. The molecule has 1 aliphatic rings. The van der Waals surface area contributed by atoms with Crippen molar-refractivity contribution in [2.45, 2.75) is 31.2 Å². The van der Waals surface area contributed by atoms with Crippen molar-refractivity contribution in [2.24, 2.45) is 11.7 Å². The number of nitrogens with two attached hydrogens (primary N) is 1. The first-order valence-electron chi connectivity index (χ1n) is 8.23. The van der Waals surface area contributed by atoms with E-state index in [1.165, 1.54) is 0 Å². The second-order valence-corrected chi connectivity index (χ2v) is 6.80. The maximum Gasteiger partial charge on any atom is 0.490 e. The predicted molar refractivity (Wildman–Crippen MR) is 98.0 cm³/mol. The first kappa shape index (κ1) is 29.0. The zero-order valence-electron chi connectivity index (χ0n) is 15.4. The molecule has 0 aromatic heterocycles. The Bertz CT molecular complexity index is 731. The van der Waals surface area contributed by atoms with Gasteiger partial charge in [-0.15, -0.1) is 0 Å². The fraction of sp³-hybridized carbons (Fsp3) is 0.500. The SMILES string of the molecule is NC(c1c(O)ccc(Cl)c1Cl)C1CCNCC1.O=C(O)C(F)(F)F.O=C(O)C(F)(F)F. The van der Waals surface area contributed by atoms with E-state index >= 15 is 0 Å². The number of phenolic OH excluding ortho intramolecular Hbond substituents is 1. The van der Waals surface area contributed by atoms with Crippen LogP contribution < -0.4 is 11.1 Å². The molecule has 15 heteroatoms. The number of nitrogens with one attached hydrogen (secondary N) is 1. The molecule has 0 saturated carbocycles. The van der Waals surface area contributed by atoms with Gasteiger partial charge in [-0.3, -0.25) is 0 Å². The minimum atomic E-state index is -5.08. The maximum atomic E-state index is 10.6. The molecule has 1 aliphatic heterocycles. The van der Waals surface area contributed by atoms with Crippen LogP contribution >= 0.6 is 23.2 Å². The van der Waals surface area contributed by atoms with Crippen LogP contribution in [0.1, 0.15) is 24.4 Å². The van der Waals surface area contributed by atoms with Gasteiger partial charge in [0.05, 0.1) is 10.0 Å². The molecule has 178 valence electrons. The number of carbonyl (C=O) groups is 2. The van der Waals surface area contributed by atoms with Gasteiger partial charge in [0, 0.05) is 11.6 Å². The number of aliphatic carboxylic acids is 2. The zero-order chi connectivity index (χ0) is 24.6. The summed E-state index contributed by atoms with van der Waals surface area (Å²) < 4.78 is 63.5. The molecule has 0 amide bonds. The molecule has 1 unspecified atom stereocenters. The van der Waals surface area contributed by atoms with Crippen LogP contribution in [0.3, 0.4) is 0 Å². The highest BCUT2D eigenvalue weighted by Crippen LogP contribution is 2.40. The number of phenols is 1. The number of rotatable bonds is 2. The van der Waals surface area contributed by atoms with Crippen molar-refractivity contribution < 1.29 is 51.3 Å². The van der Waals surface area contributed by atoms with Crippen molar-refractivity contribution in [3.8, 4) is 5.75 Å². The molecule has 6 N–H and O–H groups in total. The Morgan fingerprint density at radius 3 is 1.74 bits per heavy atom. The molecule has 1 aromatic carbocycles. The smallest absolute Gasteiger partial charge is 0.490 e. The lowest BCUT2D eigenvalue weighted by molar-refractivity contribution is -0.193. The third-order valence-corrected chi connectivity index (χ3v) is 4.64. The van der Waals surface area contributed by atoms with E-state index in [1.807, 2.05) is 0 Å². The number of halogens is 8. The van der Waals surface area contributed by atoms with Gasteiger partial charge in [-0.1, -0.05) is 23.2 Å². The summed E-state index contributed by atoms with van der Waals surface area (Å²) in [5.41, 5.74) is 6.78. The number of piperidine rings is 1. The molecule has 0 bridgehead atoms. The maximum absolute atomic E-state index is 10.6. The van der Waals surface area contributed by atoms with E-state index in [4.69, 9.17) is 48.7 Å². The number of hydrogen-bond donors (Lipinski definition) is 5. The van der Waals surface area contributed by atoms with Crippen LogP contribution in [-0.2, 0) is 9.59 Å². The number of carboxylic acids is 2. The van der Waals surface area contributed by atoms with Gasteiger partial charge < -0.3 is 26.4 Å². The van der Waals surface area contributed by atoms with Gasteiger partial charge in [0.2, 0.25) is 0 Å². The quantitative estimate of drug-likeness (QED) is 0.386. The van der Waals surface area contributed by atoms with Crippen LogP contribution in [0.15, 0.2) is 12.1 Å². The highest BCUT2D eigenvalue weighted by Gasteiger charge is 2.38. The molecule has 1 fully saturated rings. The van der Waals surface area contributed by atoms with Crippen molar-refractivity contribution in [3.05, 3.63) is 27.7 Å². The van der Waals surface area contributed by atoms with Crippen LogP contribution in [0.4, 0.5) is 26.3 Å². The van der Waals surface area contributed by atoms with Crippen LogP contribution in [0.25, 0.3) is 0 Å². The number of alkyl halides is 6. The molecular formula is C16H18Cl2F6N2O5. The van der Waals surface area contributed by atoms with Crippen molar-refractivity contribution in [3.63, 3.8) is 0 Å². The second kappa shape index (κ2) is 12.2. The molecule has 31 heavy (non-hydrogen) atoms. The van der Waals surface area contributed by atoms with E-state index in [-0.39, 0.29) is 11.8 Å². The van der Waals surface area contributed by atoms with Crippen molar-refractivity contribution >= 4 is 35.1 Å². The third kappa shape index (κ3) is 10.3. The van der Waals surface area contributed by atoms with Crippen LogP contribution in [0, 0.1) is 5.92 Å². The Morgan fingerprint density at radius 1 is 1.00 bits per heavy atom. The molecule has 1 atom stereocenters. The number of hydrogen-bond acceptors (Lipinski definition) is 5. The highest BCUT2D eigenvalue weighted by atomic mass is 35.5. The van der Waals surface area contributed by atoms with Gasteiger partial charge in [-0.2, -0.15) is 26.3 Å². The molecule has 1 saturated heterocycles. The van der Waals surface area contributed by atoms with Gasteiger partial charge in [0.15, 0.2) is 0 Å². The van der Waals surface area contributed by atoms with Crippen molar-refractivity contribution in [2.75, 3.05) is 13.1 Å². The van der Waals surface area contributed by atoms with Crippen LogP contribution in [-0.4, -0.2) is 52.7 Å². The third-order valence-electron chi connectivity index (χ3n) is 3.82. The Labute approximate surface area is 181 Å². The van der Waals surface area contributed by atoms with Gasteiger partial charge in [-0.25, -0.2) is 9.59 Å². The Morgan fingerprint density at radius 2 is 1.39 bits per heavy atom. The van der Waals surface area contributed by atoms with E-state index in [0.29, 0.717) is 21.5 Å². The standard InChI is InChI=1S/C12H16Cl2N2O.2C2HF3O2/c13-8-1-2-9(17)10(11(8)14)12(15)7-3-5-16-6-4-7;2*3-2(4,5)1(6)7/h1-2,7,12,16-17H,3-6,15H2;2*(H,6,7). The predicted octanol–water partition coefficient (Wildman–Crippen LogP) is 3.97. The van der Waals surface area contributed by atoms with E-state index < -0.39 is 24.3 Å². The average Bonchev–Trinajstić information content (AvgIpc) is 2.65. The lowest BCUT2D eigenvalue weighted by Gasteiger charge is -2.29. The normalized spacial score (nSPS) is 15.6. The second-order valence-electron chi connectivity index (χ2n) is 6.01. The summed E-state index contributed by atoms with van der Waals surface area (Å²) in [6.45, 7) is 1.91. The summed E-state index contributed by atoms with van der Waals surface area (Å²) in [6.07, 6.45) is -8.19. The fourth-order valence-electron chi connectivity index (χ4n) is 2.31. The zero-order valence-corrected chi connectivity index (χ0v) is 16.9. The highest BCUT2D eigenvalue weighted by molar-refractivity contribution is 6.42. The average molecular weight is 503 g/mol. The van der Waals surface area contributed by atoms with E-state index in [1.54, 1.807) is 12.1 Å². The summed E-state index contributed by atoms with van der Waals surface area (Å²) in [4.78, 5) is 17.8. The number of benzene rings is 1. The minimum absolute atomic E-state index is 0.130. The largest absolute Gasteiger partial charge is 0.508 e. The first-order chi connectivity index (χ1) is 14.0. The summed E-state index contributed by atoms with van der Waals surface area (Å²) in [6, 6.07) is 2.87. The minimum Gasteiger partial charge on any atom is -0.508 e. The molecule has 0 radical (unpaired) electrons.